The van der Waals surface area contributed by atoms with Gasteiger partial charge in [0.05, 0.1) is 13.4 Å². The molecule has 3 rings (SSSR count). The Bertz CT molecular complexity index is 827. The summed E-state index contributed by atoms with van der Waals surface area (Å²) >= 11 is 1.51. The van der Waals surface area contributed by atoms with Gasteiger partial charge >= 0.3 is 5.97 Å². The third kappa shape index (κ3) is 3.21. The van der Waals surface area contributed by atoms with E-state index in [0.29, 0.717) is 5.75 Å². The van der Waals surface area contributed by atoms with E-state index in [2.05, 4.69) is 21.7 Å². The minimum absolute atomic E-state index is 0.232. The van der Waals surface area contributed by atoms with Crippen molar-refractivity contribution in [3.05, 3.63) is 54.0 Å². The Balaban J connectivity index is 1.81. The molecule has 0 saturated carbocycles. The first-order valence-corrected chi connectivity index (χ1v) is 8.49. The molecule has 1 aromatic carbocycles. The zero-order valence-electron chi connectivity index (χ0n) is 13.4. The van der Waals surface area contributed by atoms with E-state index in [4.69, 9.17) is 9.15 Å². The average molecular weight is 343 g/mol. The van der Waals surface area contributed by atoms with Gasteiger partial charge in [-0.25, -0.2) is 4.79 Å². The maximum absolute atomic E-state index is 11.7. The number of thioether (sulfide) groups is 1. The minimum atomic E-state index is -0.475. The molecule has 6 nitrogen and oxygen atoms in total. The fourth-order valence-corrected chi connectivity index (χ4v) is 3.33. The van der Waals surface area contributed by atoms with E-state index in [9.17, 15) is 4.79 Å². The molecule has 0 spiro atoms. The van der Waals surface area contributed by atoms with Crippen molar-refractivity contribution in [1.29, 1.82) is 0 Å². The molecule has 0 atom stereocenters. The highest BCUT2D eigenvalue weighted by Crippen LogP contribution is 2.27. The third-order valence-corrected chi connectivity index (χ3v) is 4.55. The van der Waals surface area contributed by atoms with Crippen LogP contribution in [0.4, 0.5) is 0 Å². The van der Waals surface area contributed by atoms with Crippen molar-refractivity contribution in [1.82, 2.24) is 14.8 Å². The topological polar surface area (TPSA) is 70.2 Å². The van der Waals surface area contributed by atoms with Gasteiger partial charge in [-0.05, 0) is 13.0 Å². The second-order valence-electron chi connectivity index (χ2n) is 4.97. The number of methoxy groups -OCH3 is 1. The van der Waals surface area contributed by atoms with Gasteiger partial charge in [-0.15, -0.1) is 10.2 Å². The molecule has 0 bridgehead atoms. The summed E-state index contributed by atoms with van der Waals surface area (Å²) in [6, 6.07) is 11.7. The van der Waals surface area contributed by atoms with Crippen LogP contribution in [0.2, 0.25) is 0 Å². The monoisotopic (exact) mass is 343 g/mol. The lowest BCUT2D eigenvalue weighted by molar-refractivity contribution is 0.0564. The molecule has 0 fully saturated rings. The standard InChI is InChI=1S/C17H17N3O3S/c1-3-20-15(12-7-5-4-6-8-12)18-19-17(20)24-11-13-9-10-23-14(13)16(21)22-2/h4-10H,3,11H2,1-2H3. The van der Waals surface area contributed by atoms with E-state index in [1.807, 2.05) is 30.3 Å². The van der Waals surface area contributed by atoms with Crippen molar-refractivity contribution in [3.63, 3.8) is 0 Å². The van der Waals surface area contributed by atoms with Crippen molar-refractivity contribution >= 4 is 17.7 Å². The highest BCUT2D eigenvalue weighted by molar-refractivity contribution is 7.98. The Hall–Kier alpha value is -2.54. The number of rotatable bonds is 6. The molecule has 0 amide bonds. The van der Waals surface area contributed by atoms with Gasteiger partial charge in [0.1, 0.15) is 0 Å². The van der Waals surface area contributed by atoms with Gasteiger partial charge in [0.2, 0.25) is 5.76 Å². The van der Waals surface area contributed by atoms with E-state index in [1.165, 1.54) is 25.1 Å². The Kier molecular flexibility index (Phi) is 5.00. The Labute approximate surface area is 143 Å². The smallest absolute Gasteiger partial charge is 0.374 e. The lowest BCUT2D eigenvalue weighted by Gasteiger charge is -2.07. The molecule has 0 aliphatic carbocycles. The Morgan fingerprint density at radius 1 is 1.25 bits per heavy atom. The van der Waals surface area contributed by atoms with Crippen LogP contribution in [0.1, 0.15) is 23.0 Å². The van der Waals surface area contributed by atoms with E-state index < -0.39 is 5.97 Å². The van der Waals surface area contributed by atoms with Gasteiger partial charge in [0.15, 0.2) is 11.0 Å². The van der Waals surface area contributed by atoms with Gasteiger partial charge in [-0.1, -0.05) is 42.1 Å². The second-order valence-corrected chi connectivity index (χ2v) is 5.91. The predicted octanol–water partition coefficient (Wildman–Crippen LogP) is 3.64. The van der Waals surface area contributed by atoms with E-state index in [-0.39, 0.29) is 5.76 Å². The van der Waals surface area contributed by atoms with Crippen molar-refractivity contribution < 1.29 is 13.9 Å². The quantitative estimate of drug-likeness (QED) is 0.503. The van der Waals surface area contributed by atoms with E-state index in [1.54, 1.807) is 6.07 Å². The molecule has 24 heavy (non-hydrogen) atoms. The van der Waals surface area contributed by atoms with Gasteiger partial charge in [0, 0.05) is 23.4 Å². The van der Waals surface area contributed by atoms with Crippen LogP contribution >= 0.6 is 11.8 Å². The molecule has 0 radical (unpaired) electrons. The molecule has 0 unspecified atom stereocenters. The molecular weight excluding hydrogens is 326 g/mol. The van der Waals surface area contributed by atoms with Gasteiger partial charge in [0.25, 0.3) is 0 Å². The fraction of sp³-hybridized carbons (Fsp3) is 0.235. The minimum Gasteiger partial charge on any atom is -0.463 e. The van der Waals surface area contributed by atoms with Crippen molar-refractivity contribution in [2.45, 2.75) is 24.4 Å². The molecule has 124 valence electrons. The zero-order valence-corrected chi connectivity index (χ0v) is 14.2. The summed E-state index contributed by atoms with van der Waals surface area (Å²) in [6.45, 7) is 2.81. The fourth-order valence-electron chi connectivity index (χ4n) is 2.34. The summed E-state index contributed by atoms with van der Waals surface area (Å²) in [5, 5.41) is 9.39. The summed E-state index contributed by atoms with van der Waals surface area (Å²) in [7, 11) is 1.33. The highest BCUT2D eigenvalue weighted by Gasteiger charge is 2.18. The van der Waals surface area contributed by atoms with Crippen LogP contribution in [0, 0.1) is 0 Å². The van der Waals surface area contributed by atoms with Gasteiger partial charge in [-0.2, -0.15) is 0 Å². The van der Waals surface area contributed by atoms with Crippen molar-refractivity contribution in [2.75, 3.05) is 7.11 Å². The maximum Gasteiger partial charge on any atom is 0.374 e. The second kappa shape index (κ2) is 7.35. The molecule has 3 aromatic rings. The molecular formula is C17H17N3O3S. The number of nitrogens with zero attached hydrogens (tertiary/aromatic N) is 3. The number of furan rings is 1. The SMILES string of the molecule is CCn1c(SCc2ccoc2C(=O)OC)nnc1-c1ccccc1. The summed E-state index contributed by atoms with van der Waals surface area (Å²) in [5.41, 5.74) is 1.80. The first kappa shape index (κ1) is 16.3. The maximum atomic E-state index is 11.7. The van der Waals surface area contributed by atoms with E-state index >= 15 is 0 Å². The molecule has 0 saturated heterocycles. The largest absolute Gasteiger partial charge is 0.463 e. The number of benzene rings is 1. The average Bonchev–Trinajstić information content (AvgIpc) is 3.26. The first-order chi connectivity index (χ1) is 11.7. The number of carbonyl (C=O) groups is 1. The van der Waals surface area contributed by atoms with Crippen LogP contribution in [-0.2, 0) is 17.0 Å². The van der Waals surface area contributed by atoms with Crippen LogP contribution in [0.3, 0.4) is 0 Å². The number of esters is 1. The molecule has 2 aromatic heterocycles. The lowest BCUT2D eigenvalue weighted by atomic mass is 10.2. The number of aromatic nitrogens is 3. The van der Waals surface area contributed by atoms with Crippen LogP contribution in [0.15, 0.2) is 52.2 Å². The normalized spacial score (nSPS) is 10.8. The Morgan fingerprint density at radius 2 is 2.04 bits per heavy atom. The number of ether oxygens (including phenoxy) is 1. The van der Waals surface area contributed by atoms with Crippen LogP contribution in [0.5, 0.6) is 0 Å². The van der Waals surface area contributed by atoms with E-state index in [0.717, 1.165) is 28.7 Å². The van der Waals surface area contributed by atoms with Crippen molar-refractivity contribution in [2.24, 2.45) is 0 Å². The summed E-state index contributed by atoms with van der Waals surface area (Å²) in [4.78, 5) is 11.7. The first-order valence-electron chi connectivity index (χ1n) is 7.50. The molecule has 0 aliphatic heterocycles. The number of hydrogen-bond acceptors (Lipinski definition) is 6. The molecule has 7 heteroatoms. The number of carbonyl (C=O) groups excluding carboxylic acids is 1. The van der Waals surface area contributed by atoms with Crippen LogP contribution in [-0.4, -0.2) is 27.8 Å². The zero-order chi connectivity index (χ0) is 16.9. The lowest BCUT2D eigenvalue weighted by Crippen LogP contribution is -2.03. The summed E-state index contributed by atoms with van der Waals surface area (Å²) in [6.07, 6.45) is 1.49. The predicted molar refractivity (Wildman–Crippen MR) is 90.7 cm³/mol. The van der Waals surface area contributed by atoms with Crippen LogP contribution < -0.4 is 0 Å². The molecule has 0 N–H and O–H groups in total. The highest BCUT2D eigenvalue weighted by atomic mass is 32.2. The van der Waals surface area contributed by atoms with Crippen LogP contribution in [0.25, 0.3) is 11.4 Å². The van der Waals surface area contributed by atoms with Crippen molar-refractivity contribution in [3.8, 4) is 11.4 Å². The number of hydrogen-bond donors (Lipinski definition) is 0. The van der Waals surface area contributed by atoms with Gasteiger partial charge < -0.3 is 13.7 Å². The van der Waals surface area contributed by atoms with Gasteiger partial charge in [-0.3, -0.25) is 0 Å². The summed E-state index contributed by atoms with van der Waals surface area (Å²) < 4.78 is 12.0. The summed E-state index contributed by atoms with van der Waals surface area (Å²) in [5.74, 6) is 1.14. The third-order valence-electron chi connectivity index (χ3n) is 3.54. The molecule has 2 heterocycles. The molecule has 0 aliphatic rings. The Morgan fingerprint density at radius 3 is 2.75 bits per heavy atom.